The first-order chi connectivity index (χ1) is 14.0. The predicted molar refractivity (Wildman–Crippen MR) is 108 cm³/mol. The van der Waals surface area contributed by atoms with E-state index < -0.39 is 33.5 Å². The van der Waals surface area contributed by atoms with Crippen molar-refractivity contribution in [3.8, 4) is 11.6 Å². The van der Waals surface area contributed by atoms with Gasteiger partial charge in [0.05, 0.1) is 6.04 Å². The zero-order valence-corrected chi connectivity index (χ0v) is 17.2. The Morgan fingerprint density at radius 2 is 2.00 bits per heavy atom. The van der Waals surface area contributed by atoms with Crippen LogP contribution in [0.25, 0.3) is 0 Å². The molecule has 0 unspecified atom stereocenters. The number of sulfone groups is 1. The van der Waals surface area contributed by atoms with Crippen molar-refractivity contribution in [2.24, 2.45) is 5.92 Å². The molecule has 1 atom stereocenters. The van der Waals surface area contributed by atoms with Crippen molar-refractivity contribution >= 4 is 15.7 Å². The quantitative estimate of drug-likeness (QED) is 0.674. The normalized spacial score (nSPS) is 15.7. The van der Waals surface area contributed by atoms with E-state index in [1.807, 2.05) is 0 Å². The highest BCUT2D eigenvalue weighted by atomic mass is 32.2. The third-order valence-electron chi connectivity index (χ3n) is 4.31. The Morgan fingerprint density at radius 1 is 1.33 bits per heavy atom. The Hall–Kier alpha value is -2.88. The largest absolute Gasteiger partial charge is 0.438 e. The molecule has 0 aliphatic heterocycles. The maximum atomic E-state index is 13.7. The fraction of sp³-hybridized carbons (Fsp3) is 0.350. The third kappa shape index (κ3) is 6.06. The summed E-state index contributed by atoms with van der Waals surface area (Å²) in [6.07, 6.45) is 5.13. The number of ether oxygens (including phenoxy) is 1. The Kier molecular flexibility index (Phi) is 6.16. The average Bonchev–Trinajstić information content (AvgIpc) is 3.49. The van der Waals surface area contributed by atoms with Crippen molar-refractivity contribution in [2.75, 3.05) is 6.26 Å². The van der Waals surface area contributed by atoms with Gasteiger partial charge < -0.3 is 10.1 Å². The van der Waals surface area contributed by atoms with E-state index in [1.165, 1.54) is 6.08 Å². The molecule has 30 heavy (non-hydrogen) atoms. The van der Waals surface area contributed by atoms with E-state index in [-0.39, 0.29) is 18.8 Å². The Labute approximate surface area is 174 Å². The summed E-state index contributed by atoms with van der Waals surface area (Å²) in [7, 11) is -3.36. The average molecular weight is 439 g/mol. The summed E-state index contributed by atoms with van der Waals surface area (Å²) >= 11 is 0. The summed E-state index contributed by atoms with van der Waals surface area (Å²) < 4.78 is 55.8. The van der Waals surface area contributed by atoms with Crippen LogP contribution >= 0.6 is 0 Å². The van der Waals surface area contributed by atoms with Crippen LogP contribution in [0.4, 0.5) is 8.78 Å². The van der Waals surface area contributed by atoms with Crippen LogP contribution in [0.3, 0.4) is 0 Å². The molecule has 1 heterocycles. The minimum Gasteiger partial charge on any atom is -0.438 e. The number of carbonyl (C=O) groups is 1. The van der Waals surface area contributed by atoms with Gasteiger partial charge in [-0.15, -0.1) is 0 Å². The van der Waals surface area contributed by atoms with Crippen molar-refractivity contribution in [2.45, 2.75) is 31.7 Å². The maximum Gasteiger partial charge on any atom is 0.303 e. The lowest BCUT2D eigenvalue weighted by Gasteiger charge is -2.17. The first-order valence-corrected chi connectivity index (χ1v) is 11.2. The molecule has 7 nitrogen and oxygen atoms in total. The fourth-order valence-electron chi connectivity index (χ4n) is 2.65. The number of amides is 1. The molecule has 10 heteroatoms. The lowest BCUT2D eigenvalue weighted by molar-refractivity contribution is 0.00707. The highest BCUT2D eigenvalue weighted by molar-refractivity contribution is 7.93. The molecule has 1 aliphatic rings. The molecule has 1 amide bonds. The molecule has 0 bridgehead atoms. The van der Waals surface area contributed by atoms with Crippen LogP contribution in [0, 0.1) is 5.92 Å². The minimum absolute atomic E-state index is 0. The van der Waals surface area contributed by atoms with E-state index >= 15 is 0 Å². The van der Waals surface area contributed by atoms with Crippen LogP contribution in [0.2, 0.25) is 0 Å². The van der Waals surface area contributed by atoms with E-state index in [9.17, 15) is 22.0 Å². The maximum absolute atomic E-state index is 13.7. The number of nitrogens with zero attached hydrogens (tertiary/aromatic N) is 2. The van der Waals surface area contributed by atoms with Gasteiger partial charge in [-0.25, -0.2) is 13.4 Å². The molecule has 0 radical (unpaired) electrons. The highest BCUT2D eigenvalue weighted by Gasteiger charge is 2.33. The summed E-state index contributed by atoms with van der Waals surface area (Å²) in [5.41, 5.74) is -0.134. The van der Waals surface area contributed by atoms with Gasteiger partial charge >= 0.3 is 5.92 Å². The molecule has 1 saturated carbocycles. The number of hydrogen-bond donors (Lipinski definition) is 1. The van der Waals surface area contributed by atoms with Crippen LogP contribution in [0.5, 0.6) is 11.6 Å². The van der Waals surface area contributed by atoms with Crippen LogP contribution in [-0.2, 0) is 15.8 Å². The van der Waals surface area contributed by atoms with Crippen molar-refractivity contribution in [1.82, 2.24) is 15.3 Å². The molecule has 2 aromatic rings. The van der Waals surface area contributed by atoms with E-state index in [4.69, 9.17) is 4.74 Å². The number of aromatic nitrogens is 2. The van der Waals surface area contributed by atoms with Crippen molar-refractivity contribution in [1.29, 1.82) is 0 Å². The zero-order chi connectivity index (χ0) is 21.9. The second-order valence-electron chi connectivity index (χ2n) is 7.21. The van der Waals surface area contributed by atoms with E-state index in [0.717, 1.165) is 30.7 Å². The SMILES string of the molecule is CC(F)(F)c1ncc(C(=O)N[C@H](/C=C/S(C)(=O)=O)C2CC2)c(Oc2ccccc2)n1.[HH]. The summed E-state index contributed by atoms with van der Waals surface area (Å²) in [5.74, 6) is -4.65. The van der Waals surface area contributed by atoms with Crippen LogP contribution in [0.15, 0.2) is 48.0 Å². The summed E-state index contributed by atoms with van der Waals surface area (Å²) in [6.45, 7) is 0.646. The van der Waals surface area contributed by atoms with Gasteiger partial charge in [0.25, 0.3) is 5.91 Å². The topological polar surface area (TPSA) is 98.2 Å². The molecular formula is C20H23F2N3O4S. The molecule has 1 fully saturated rings. The third-order valence-corrected chi connectivity index (χ3v) is 4.96. The van der Waals surface area contributed by atoms with E-state index in [1.54, 1.807) is 30.3 Å². The van der Waals surface area contributed by atoms with Gasteiger partial charge in [-0.1, -0.05) is 24.3 Å². The number of alkyl halides is 2. The molecule has 1 aromatic carbocycles. The van der Waals surface area contributed by atoms with Gasteiger partial charge in [-0.05, 0) is 30.9 Å². The van der Waals surface area contributed by atoms with Gasteiger partial charge in [0.15, 0.2) is 9.84 Å². The lowest BCUT2D eigenvalue weighted by Crippen LogP contribution is -2.35. The Bertz CT molecular complexity index is 1060. The molecule has 1 N–H and O–H groups in total. The predicted octanol–water partition coefficient (Wildman–Crippen LogP) is 3.69. The van der Waals surface area contributed by atoms with Gasteiger partial charge in [0.1, 0.15) is 11.3 Å². The highest BCUT2D eigenvalue weighted by Crippen LogP contribution is 2.34. The van der Waals surface area contributed by atoms with Crippen LogP contribution in [-0.4, -0.2) is 36.6 Å². The number of hydrogen-bond acceptors (Lipinski definition) is 6. The van der Waals surface area contributed by atoms with Crippen LogP contribution < -0.4 is 10.1 Å². The van der Waals surface area contributed by atoms with E-state index in [0.29, 0.717) is 12.7 Å². The first kappa shape index (κ1) is 21.8. The second-order valence-corrected chi connectivity index (χ2v) is 9.14. The Balaban J connectivity index is 0.00000341. The molecule has 0 spiro atoms. The summed E-state index contributed by atoms with van der Waals surface area (Å²) in [5, 5.41) is 3.75. The smallest absolute Gasteiger partial charge is 0.303 e. The van der Waals surface area contributed by atoms with Gasteiger partial charge in [0, 0.05) is 26.2 Å². The molecule has 1 aliphatic carbocycles. The number of para-hydroxylation sites is 1. The van der Waals surface area contributed by atoms with Crippen molar-refractivity contribution in [3.63, 3.8) is 0 Å². The van der Waals surface area contributed by atoms with Gasteiger partial charge in [-0.3, -0.25) is 4.79 Å². The molecule has 0 saturated heterocycles. The second kappa shape index (κ2) is 8.47. The van der Waals surface area contributed by atoms with Crippen LogP contribution in [0.1, 0.15) is 37.4 Å². The van der Waals surface area contributed by atoms with Gasteiger partial charge in [-0.2, -0.15) is 13.8 Å². The van der Waals surface area contributed by atoms with Crippen molar-refractivity contribution < 1.29 is 28.2 Å². The molecule has 162 valence electrons. The first-order valence-electron chi connectivity index (χ1n) is 9.20. The lowest BCUT2D eigenvalue weighted by atomic mass is 10.1. The van der Waals surface area contributed by atoms with Crippen molar-refractivity contribution in [3.05, 3.63) is 59.4 Å². The Morgan fingerprint density at radius 3 is 2.57 bits per heavy atom. The monoisotopic (exact) mass is 439 g/mol. The summed E-state index contributed by atoms with van der Waals surface area (Å²) in [4.78, 5) is 20.2. The number of benzene rings is 1. The molecule has 1 aromatic heterocycles. The standard InChI is InChI=1S/C20H21F2N3O4S.H2/c1-20(21,22)19-23-12-15(18(25-19)29-14-6-4-3-5-7-14)17(26)24-16(13-8-9-13)10-11-30(2,27)28;/h3-7,10-13,16H,8-9H2,1-2H3,(H,24,26);1H/b11-10+;/t16-;/m1./s1. The molecule has 3 rings (SSSR count). The summed E-state index contributed by atoms with van der Waals surface area (Å²) in [6, 6.07) is 7.78. The zero-order valence-electron chi connectivity index (χ0n) is 16.4. The van der Waals surface area contributed by atoms with E-state index in [2.05, 4.69) is 15.3 Å². The number of nitrogens with one attached hydrogen (secondary N) is 1. The number of halogens is 2. The van der Waals surface area contributed by atoms with Gasteiger partial charge in [0.2, 0.25) is 11.7 Å². The minimum atomic E-state index is -3.36. The number of rotatable bonds is 8. The fourth-order valence-corrected chi connectivity index (χ4v) is 3.10. The molecular weight excluding hydrogens is 416 g/mol. The number of carbonyl (C=O) groups excluding carboxylic acids is 1.